The topological polar surface area (TPSA) is 78.6 Å². The molecule has 0 spiro atoms. The molecule has 0 aromatic rings. The van der Waals surface area contributed by atoms with E-state index in [1.807, 2.05) is 0 Å². The number of esters is 2. The molecule has 5 heteroatoms. The van der Waals surface area contributed by atoms with Gasteiger partial charge in [0.1, 0.15) is 5.54 Å². The number of hydrogen-bond acceptors (Lipinski definition) is 5. The van der Waals surface area contributed by atoms with Crippen LogP contribution in [0, 0.1) is 23.2 Å². The van der Waals surface area contributed by atoms with Crippen molar-refractivity contribution in [3.05, 3.63) is 0 Å². The van der Waals surface area contributed by atoms with Gasteiger partial charge < -0.3 is 15.2 Å². The number of hydrogen-bond donors (Lipinski definition) is 1. The highest BCUT2D eigenvalue weighted by Gasteiger charge is 2.89. The maximum Gasteiger partial charge on any atom is 0.326 e. The monoisotopic (exact) mass is 225 g/mol. The van der Waals surface area contributed by atoms with Gasteiger partial charge in [-0.15, -0.1) is 0 Å². The van der Waals surface area contributed by atoms with Gasteiger partial charge in [0.2, 0.25) is 0 Å². The molecule has 0 saturated heterocycles. The van der Waals surface area contributed by atoms with Gasteiger partial charge in [0, 0.05) is 5.92 Å². The van der Waals surface area contributed by atoms with E-state index in [1.165, 1.54) is 14.2 Å². The Bertz CT molecular complexity index is 395. The van der Waals surface area contributed by atoms with Gasteiger partial charge in [0.25, 0.3) is 0 Å². The van der Waals surface area contributed by atoms with E-state index in [0.29, 0.717) is 6.42 Å². The van der Waals surface area contributed by atoms with Crippen LogP contribution in [-0.2, 0) is 19.1 Å². The fourth-order valence-corrected chi connectivity index (χ4v) is 4.34. The summed E-state index contributed by atoms with van der Waals surface area (Å²) in [4.78, 5) is 23.5. The molecule has 16 heavy (non-hydrogen) atoms. The van der Waals surface area contributed by atoms with Gasteiger partial charge in [-0.1, -0.05) is 0 Å². The van der Waals surface area contributed by atoms with Crippen molar-refractivity contribution < 1.29 is 19.1 Å². The Kier molecular flexibility index (Phi) is 1.63. The van der Waals surface area contributed by atoms with E-state index in [1.54, 1.807) is 0 Å². The number of carbonyl (C=O) groups is 2. The Balaban J connectivity index is 1.96. The number of nitrogens with two attached hydrogens (primary N) is 1. The molecule has 0 aromatic carbocycles. The van der Waals surface area contributed by atoms with Crippen molar-refractivity contribution >= 4 is 11.9 Å². The lowest BCUT2D eigenvalue weighted by Crippen LogP contribution is -2.52. The highest BCUT2D eigenvalue weighted by atomic mass is 16.5. The van der Waals surface area contributed by atoms with Gasteiger partial charge in [-0.2, -0.15) is 0 Å². The van der Waals surface area contributed by atoms with Gasteiger partial charge in [0.05, 0.1) is 19.6 Å². The molecule has 4 bridgehead atoms. The van der Waals surface area contributed by atoms with Crippen LogP contribution in [-0.4, -0.2) is 31.7 Å². The maximum atomic E-state index is 11.8. The standard InChI is InChI=1S/C11H15NO4/c1-15-8(13)10-4-5-3-6(10)7(10)11(5,12)9(14)16-2/h5-7H,3-4,12H2,1-2H3/t5-,6-,7+,10+,11-/m0/s1. The Hall–Kier alpha value is -1.10. The van der Waals surface area contributed by atoms with Crippen LogP contribution in [0.15, 0.2) is 0 Å². The lowest BCUT2D eigenvalue weighted by molar-refractivity contribution is -0.149. The Morgan fingerprint density at radius 1 is 1.25 bits per heavy atom. The predicted molar refractivity (Wildman–Crippen MR) is 53.1 cm³/mol. The molecule has 5 atom stereocenters. The van der Waals surface area contributed by atoms with Crippen molar-refractivity contribution in [2.45, 2.75) is 18.4 Å². The van der Waals surface area contributed by atoms with Gasteiger partial charge in [-0.05, 0) is 24.7 Å². The molecule has 0 aliphatic heterocycles. The molecule has 0 aromatic heterocycles. The molecular weight excluding hydrogens is 210 g/mol. The summed E-state index contributed by atoms with van der Waals surface area (Å²) >= 11 is 0. The Labute approximate surface area is 93.3 Å². The third-order valence-corrected chi connectivity index (χ3v) is 4.93. The minimum absolute atomic E-state index is 0.0649. The largest absolute Gasteiger partial charge is 0.469 e. The maximum absolute atomic E-state index is 11.8. The van der Waals surface area contributed by atoms with E-state index >= 15 is 0 Å². The fraction of sp³-hybridized carbons (Fsp3) is 0.818. The molecule has 0 unspecified atom stereocenters. The van der Waals surface area contributed by atoms with Gasteiger partial charge in [-0.3, -0.25) is 9.59 Å². The summed E-state index contributed by atoms with van der Waals surface area (Å²) in [6, 6.07) is 0. The van der Waals surface area contributed by atoms with E-state index in [2.05, 4.69) is 0 Å². The van der Waals surface area contributed by atoms with Crippen molar-refractivity contribution in [3.8, 4) is 0 Å². The van der Waals surface area contributed by atoms with Gasteiger partial charge in [0.15, 0.2) is 0 Å². The number of methoxy groups -OCH3 is 2. The summed E-state index contributed by atoms with van der Waals surface area (Å²) < 4.78 is 9.61. The molecule has 4 aliphatic rings. The van der Waals surface area contributed by atoms with Crippen molar-refractivity contribution in [2.24, 2.45) is 28.9 Å². The summed E-state index contributed by atoms with van der Waals surface area (Å²) in [5, 5.41) is 0. The third-order valence-electron chi connectivity index (χ3n) is 4.93. The number of rotatable bonds is 2. The number of ether oxygens (including phenoxy) is 2. The molecule has 4 saturated carbocycles. The predicted octanol–water partition coefficient (Wildman–Crippen LogP) is -0.314. The van der Waals surface area contributed by atoms with Crippen LogP contribution in [0.25, 0.3) is 0 Å². The normalized spacial score (nSPS) is 51.3. The molecule has 2 N–H and O–H groups in total. The van der Waals surface area contributed by atoms with E-state index in [9.17, 15) is 9.59 Å². The second-order valence-corrected chi connectivity index (χ2v) is 5.18. The van der Waals surface area contributed by atoms with Gasteiger partial charge >= 0.3 is 11.9 Å². The molecule has 5 nitrogen and oxygen atoms in total. The van der Waals surface area contributed by atoms with E-state index < -0.39 is 11.0 Å². The van der Waals surface area contributed by atoms with Crippen molar-refractivity contribution in [1.29, 1.82) is 0 Å². The minimum atomic E-state index is -0.951. The molecule has 4 fully saturated rings. The molecule has 88 valence electrons. The minimum Gasteiger partial charge on any atom is -0.469 e. The lowest BCUT2D eigenvalue weighted by atomic mass is 9.89. The summed E-state index contributed by atoms with van der Waals surface area (Å²) in [5.74, 6) is -0.345. The van der Waals surface area contributed by atoms with E-state index in [4.69, 9.17) is 15.2 Å². The van der Waals surface area contributed by atoms with E-state index in [-0.39, 0.29) is 29.7 Å². The van der Waals surface area contributed by atoms with Crippen LogP contribution < -0.4 is 5.73 Å². The fourth-order valence-electron chi connectivity index (χ4n) is 4.34. The van der Waals surface area contributed by atoms with Crippen LogP contribution in [0.5, 0.6) is 0 Å². The highest BCUT2D eigenvalue weighted by molar-refractivity contribution is 5.92. The highest BCUT2D eigenvalue weighted by Crippen LogP contribution is 2.82. The average Bonchev–Trinajstić information content (AvgIpc) is 2.62. The Morgan fingerprint density at radius 3 is 2.38 bits per heavy atom. The van der Waals surface area contributed by atoms with Crippen LogP contribution in [0.1, 0.15) is 12.8 Å². The first-order valence-corrected chi connectivity index (χ1v) is 5.49. The van der Waals surface area contributed by atoms with Crippen molar-refractivity contribution in [1.82, 2.24) is 0 Å². The average molecular weight is 225 g/mol. The molecule has 0 radical (unpaired) electrons. The SMILES string of the molecule is COC(=O)[C@]1(N)[C@H]2C[C@H]3[C@@H]1[C@@]3(C(=O)OC)C2. The smallest absolute Gasteiger partial charge is 0.326 e. The molecular formula is C11H15NO4. The lowest BCUT2D eigenvalue weighted by Gasteiger charge is -2.24. The molecule has 4 rings (SSSR count). The molecule has 4 aliphatic carbocycles. The zero-order chi connectivity index (χ0) is 11.7. The summed E-state index contributed by atoms with van der Waals surface area (Å²) in [7, 11) is 2.73. The molecule has 0 heterocycles. The van der Waals surface area contributed by atoms with Crippen LogP contribution in [0.2, 0.25) is 0 Å². The van der Waals surface area contributed by atoms with Gasteiger partial charge in [-0.25, -0.2) is 0 Å². The molecule has 0 amide bonds. The zero-order valence-corrected chi connectivity index (χ0v) is 9.36. The van der Waals surface area contributed by atoms with Crippen LogP contribution >= 0.6 is 0 Å². The van der Waals surface area contributed by atoms with Crippen molar-refractivity contribution in [3.63, 3.8) is 0 Å². The second kappa shape index (κ2) is 2.59. The Morgan fingerprint density at radius 2 is 1.88 bits per heavy atom. The third kappa shape index (κ3) is 0.734. The first-order chi connectivity index (χ1) is 7.53. The zero-order valence-electron chi connectivity index (χ0n) is 9.36. The summed E-state index contributed by atoms with van der Waals surface area (Å²) in [6.07, 6.45) is 1.53. The summed E-state index contributed by atoms with van der Waals surface area (Å²) in [6.45, 7) is 0. The van der Waals surface area contributed by atoms with Crippen LogP contribution in [0.4, 0.5) is 0 Å². The number of carbonyl (C=O) groups excluding carboxylic acids is 2. The first kappa shape index (κ1) is 10.1. The first-order valence-electron chi connectivity index (χ1n) is 5.49. The van der Waals surface area contributed by atoms with Crippen LogP contribution in [0.3, 0.4) is 0 Å². The van der Waals surface area contributed by atoms with E-state index in [0.717, 1.165) is 6.42 Å². The quantitative estimate of drug-likeness (QED) is 0.652. The summed E-state index contributed by atoms with van der Waals surface area (Å²) in [5.41, 5.74) is 4.76. The van der Waals surface area contributed by atoms with Crippen molar-refractivity contribution in [2.75, 3.05) is 14.2 Å². The second-order valence-electron chi connectivity index (χ2n) is 5.18.